The van der Waals surface area contributed by atoms with Crippen LogP contribution in [0.3, 0.4) is 0 Å². The average Bonchev–Trinajstić information content (AvgIpc) is 2.90. The smallest absolute Gasteiger partial charge is 0.290 e. The van der Waals surface area contributed by atoms with E-state index in [-0.39, 0.29) is 0 Å². The Kier molecular flexibility index (Phi) is 19.6. The zero-order valence-corrected chi connectivity index (χ0v) is 22.8. The molecule has 5 heteroatoms. The summed E-state index contributed by atoms with van der Waals surface area (Å²) in [4.78, 5) is 0. The maximum Gasteiger partial charge on any atom is 0.290 e. The van der Waals surface area contributed by atoms with Crippen molar-refractivity contribution < 1.29 is 13.1 Å². The van der Waals surface area contributed by atoms with Crippen molar-refractivity contribution in [3.63, 3.8) is 0 Å². The van der Waals surface area contributed by atoms with Gasteiger partial charge in [-0.3, -0.25) is 0 Å². The molecule has 4 nitrogen and oxygen atoms in total. The van der Waals surface area contributed by atoms with Crippen LogP contribution < -0.4 is 4.18 Å². The van der Waals surface area contributed by atoms with Gasteiger partial charge in [0.05, 0.1) is 13.2 Å². The molecule has 1 atom stereocenters. The number of benzene rings is 3. The molecule has 0 bridgehead atoms. The summed E-state index contributed by atoms with van der Waals surface area (Å²) in [5, 5.41) is 0. The van der Waals surface area contributed by atoms with E-state index in [0.717, 1.165) is 5.56 Å². The summed E-state index contributed by atoms with van der Waals surface area (Å²) < 4.78 is 24.1. The van der Waals surface area contributed by atoms with Crippen LogP contribution in [0.5, 0.6) is 5.75 Å². The predicted molar refractivity (Wildman–Crippen MR) is 147 cm³/mol. The van der Waals surface area contributed by atoms with E-state index in [9.17, 15) is 4.21 Å². The molecule has 4 rings (SSSR count). The van der Waals surface area contributed by atoms with Crippen molar-refractivity contribution in [3.05, 3.63) is 102 Å². The molecule has 3 aromatic carbocycles. The molecule has 1 unspecified atom stereocenters. The molecule has 0 aromatic heterocycles. The van der Waals surface area contributed by atoms with Crippen molar-refractivity contribution in [2.45, 2.75) is 48.5 Å². The predicted octanol–water partition coefficient (Wildman–Crippen LogP) is 7.33. The molecule has 0 saturated carbocycles. The molecule has 1 saturated heterocycles. The topological polar surface area (TPSA) is 38.8 Å². The summed E-state index contributed by atoms with van der Waals surface area (Å²) in [6.45, 7) is 16.7. The van der Waals surface area contributed by atoms with E-state index in [2.05, 4.69) is 38.1 Å². The van der Waals surface area contributed by atoms with Gasteiger partial charge in [-0.15, -0.1) is 0 Å². The molecule has 1 aliphatic rings. The summed E-state index contributed by atoms with van der Waals surface area (Å²) in [7, 11) is 0. The number of ether oxygens (including phenoxy) is 1. The van der Waals surface area contributed by atoms with E-state index in [1.165, 1.54) is 11.1 Å². The van der Waals surface area contributed by atoms with Crippen LogP contribution in [0.4, 0.5) is 0 Å². The second-order valence-electron chi connectivity index (χ2n) is 6.96. The van der Waals surface area contributed by atoms with Crippen molar-refractivity contribution >= 4 is 11.3 Å². The van der Waals surface area contributed by atoms with Gasteiger partial charge in [0.2, 0.25) is 0 Å². The van der Waals surface area contributed by atoms with E-state index in [1.807, 2.05) is 95.3 Å². The largest absolute Gasteiger partial charge is 0.389 e. The summed E-state index contributed by atoms with van der Waals surface area (Å²) in [6.07, 6.45) is 0. The maximum absolute atomic E-state index is 11.8. The standard InChI is InChI=1S/C11H15NO3S.2C7H8.2C2H6/c1-10-2-4-11(5-3-10)15-16(13)12-6-8-14-9-7-12;2*1-7-5-3-2-4-6-7;2*1-2/h2-5H,6-9H2,1H3;2*2-6H,1H3;2*1-2H3. The Labute approximate surface area is 210 Å². The lowest BCUT2D eigenvalue weighted by molar-refractivity contribution is 0.0728. The van der Waals surface area contributed by atoms with E-state index in [0.29, 0.717) is 32.1 Å². The number of aryl methyl sites for hydroxylation is 3. The van der Waals surface area contributed by atoms with Crippen molar-refractivity contribution in [3.8, 4) is 5.75 Å². The van der Waals surface area contributed by atoms with Gasteiger partial charge < -0.3 is 8.92 Å². The lowest BCUT2D eigenvalue weighted by Crippen LogP contribution is -2.39. The molecular formula is C29H43NO3S. The molecule has 188 valence electrons. The minimum absolute atomic E-state index is 0.614. The average molecular weight is 486 g/mol. The van der Waals surface area contributed by atoms with Crippen LogP contribution >= 0.6 is 0 Å². The lowest BCUT2D eigenvalue weighted by Gasteiger charge is -2.24. The van der Waals surface area contributed by atoms with Crippen LogP contribution in [-0.2, 0) is 16.0 Å². The number of rotatable bonds is 3. The quantitative estimate of drug-likeness (QED) is 0.390. The Morgan fingerprint density at radius 1 is 0.647 bits per heavy atom. The summed E-state index contributed by atoms with van der Waals surface area (Å²) in [5.74, 6) is 0.635. The Morgan fingerprint density at radius 3 is 1.38 bits per heavy atom. The number of morpholine rings is 1. The van der Waals surface area contributed by atoms with Gasteiger partial charge in [0.25, 0.3) is 11.3 Å². The highest BCUT2D eigenvalue weighted by Gasteiger charge is 2.18. The Bertz CT molecular complexity index is 812. The SMILES string of the molecule is CC.CC.Cc1ccc(OS(=O)N2CCOCC2)cc1.Cc1ccccc1.Cc1ccccc1. The molecule has 0 N–H and O–H groups in total. The normalized spacial score (nSPS) is 13.0. The maximum atomic E-state index is 11.8. The number of hydrogen-bond acceptors (Lipinski definition) is 3. The second kappa shape index (κ2) is 21.1. The first kappa shape index (κ1) is 31.5. The third-order valence-electron chi connectivity index (χ3n) is 4.25. The molecular weight excluding hydrogens is 442 g/mol. The highest BCUT2D eigenvalue weighted by Crippen LogP contribution is 2.14. The highest BCUT2D eigenvalue weighted by molar-refractivity contribution is 7.78. The highest BCUT2D eigenvalue weighted by atomic mass is 32.2. The number of nitrogens with zero attached hydrogens (tertiary/aromatic N) is 1. The van der Waals surface area contributed by atoms with E-state index >= 15 is 0 Å². The molecule has 0 aliphatic carbocycles. The van der Waals surface area contributed by atoms with Crippen molar-refractivity contribution in [1.82, 2.24) is 4.31 Å². The molecule has 0 spiro atoms. The molecule has 1 fully saturated rings. The summed E-state index contributed by atoms with van der Waals surface area (Å²) in [5.41, 5.74) is 3.80. The summed E-state index contributed by atoms with van der Waals surface area (Å²) in [6, 6.07) is 28.0. The van der Waals surface area contributed by atoms with E-state index in [1.54, 1.807) is 4.31 Å². The van der Waals surface area contributed by atoms with Crippen LogP contribution in [0, 0.1) is 20.8 Å². The van der Waals surface area contributed by atoms with Gasteiger partial charge in [0.15, 0.2) is 0 Å². The van der Waals surface area contributed by atoms with Gasteiger partial charge in [0, 0.05) is 13.1 Å². The third kappa shape index (κ3) is 15.4. The van der Waals surface area contributed by atoms with Gasteiger partial charge in [-0.2, -0.15) is 8.51 Å². The first-order valence-electron chi connectivity index (χ1n) is 12.1. The van der Waals surface area contributed by atoms with Gasteiger partial charge in [-0.25, -0.2) is 0 Å². The van der Waals surface area contributed by atoms with Crippen molar-refractivity contribution in [2.24, 2.45) is 0 Å². The van der Waals surface area contributed by atoms with E-state index < -0.39 is 11.3 Å². The first-order chi connectivity index (χ1) is 16.5. The Morgan fingerprint density at radius 2 is 1.03 bits per heavy atom. The molecule has 0 radical (unpaired) electrons. The fraction of sp³-hybridized carbons (Fsp3) is 0.379. The summed E-state index contributed by atoms with van der Waals surface area (Å²) >= 11 is -1.41. The van der Waals surface area contributed by atoms with Gasteiger partial charge in [-0.05, 0) is 32.9 Å². The monoisotopic (exact) mass is 485 g/mol. The fourth-order valence-corrected chi connectivity index (χ4v) is 3.32. The van der Waals surface area contributed by atoms with Gasteiger partial charge >= 0.3 is 0 Å². The molecule has 3 aromatic rings. The van der Waals surface area contributed by atoms with Crippen LogP contribution in [0.2, 0.25) is 0 Å². The van der Waals surface area contributed by atoms with Crippen LogP contribution in [0.15, 0.2) is 84.9 Å². The third-order valence-corrected chi connectivity index (χ3v) is 5.37. The fourth-order valence-electron chi connectivity index (χ4n) is 2.49. The zero-order chi connectivity index (χ0) is 25.6. The Hall–Kier alpha value is -2.47. The van der Waals surface area contributed by atoms with Crippen LogP contribution in [0.25, 0.3) is 0 Å². The van der Waals surface area contributed by atoms with Crippen LogP contribution in [-0.4, -0.2) is 34.8 Å². The molecule has 1 heterocycles. The van der Waals surface area contributed by atoms with E-state index in [4.69, 9.17) is 8.92 Å². The first-order valence-corrected chi connectivity index (χ1v) is 13.1. The molecule has 0 amide bonds. The van der Waals surface area contributed by atoms with Gasteiger partial charge in [0.1, 0.15) is 5.75 Å². The van der Waals surface area contributed by atoms with Gasteiger partial charge in [-0.1, -0.05) is 117 Å². The van der Waals surface area contributed by atoms with Crippen molar-refractivity contribution in [1.29, 1.82) is 0 Å². The minimum atomic E-state index is -1.41. The minimum Gasteiger partial charge on any atom is -0.389 e. The van der Waals surface area contributed by atoms with Crippen LogP contribution in [0.1, 0.15) is 44.4 Å². The van der Waals surface area contributed by atoms with Crippen molar-refractivity contribution in [2.75, 3.05) is 26.3 Å². The lowest BCUT2D eigenvalue weighted by atomic mass is 10.2. The zero-order valence-electron chi connectivity index (χ0n) is 22.0. The Balaban J connectivity index is 0.000000503. The molecule has 1 aliphatic heterocycles. The number of hydrogen-bond donors (Lipinski definition) is 0. The molecule has 34 heavy (non-hydrogen) atoms. The second-order valence-corrected chi connectivity index (χ2v) is 8.08.